The van der Waals surface area contributed by atoms with Crippen LogP contribution >= 0.6 is 0 Å². The van der Waals surface area contributed by atoms with Crippen LogP contribution in [-0.2, 0) is 0 Å². The second kappa shape index (κ2) is 13.0. The standard InChI is InChI=1S/C11H23N.2C2H6/c1-3-5-6-11(4-2)7-9-12-10-8-11;2*1-2/h12H,3-10H2,1-2H3;2*1-2H3. The monoisotopic (exact) mass is 229 g/mol. The summed E-state index contributed by atoms with van der Waals surface area (Å²) in [6.45, 7) is 15.2. The lowest BCUT2D eigenvalue weighted by Gasteiger charge is -2.37. The van der Waals surface area contributed by atoms with E-state index in [0.717, 1.165) is 0 Å². The highest BCUT2D eigenvalue weighted by atomic mass is 14.9. The fraction of sp³-hybridized carbons (Fsp3) is 1.00. The van der Waals surface area contributed by atoms with Crippen molar-refractivity contribution in [1.29, 1.82) is 0 Å². The lowest BCUT2D eigenvalue weighted by atomic mass is 9.73. The number of piperidine rings is 1. The fourth-order valence-corrected chi connectivity index (χ4v) is 2.29. The molecular formula is C15H35N. The number of unbranched alkanes of at least 4 members (excludes halogenated alkanes) is 1. The Balaban J connectivity index is 0. The highest BCUT2D eigenvalue weighted by molar-refractivity contribution is 4.83. The molecule has 0 aromatic carbocycles. The summed E-state index contributed by atoms with van der Waals surface area (Å²) < 4.78 is 0. The van der Waals surface area contributed by atoms with Gasteiger partial charge in [0.15, 0.2) is 0 Å². The van der Waals surface area contributed by atoms with Crippen molar-refractivity contribution in [3.05, 3.63) is 0 Å². The van der Waals surface area contributed by atoms with Gasteiger partial charge in [-0.3, -0.25) is 0 Å². The lowest BCUT2D eigenvalue weighted by Crippen LogP contribution is -2.36. The van der Waals surface area contributed by atoms with Gasteiger partial charge in [0.1, 0.15) is 0 Å². The van der Waals surface area contributed by atoms with E-state index in [9.17, 15) is 0 Å². The Bertz CT molecular complexity index is 115. The summed E-state index contributed by atoms with van der Waals surface area (Å²) in [5.74, 6) is 0. The summed E-state index contributed by atoms with van der Waals surface area (Å²) in [6, 6.07) is 0. The minimum atomic E-state index is 0.710. The summed E-state index contributed by atoms with van der Waals surface area (Å²) in [6.07, 6.45) is 8.44. The van der Waals surface area contributed by atoms with E-state index in [0.29, 0.717) is 5.41 Å². The Hall–Kier alpha value is -0.0400. The molecule has 1 fully saturated rings. The second-order valence-corrected chi connectivity index (χ2v) is 4.21. The van der Waals surface area contributed by atoms with E-state index in [-0.39, 0.29) is 0 Å². The van der Waals surface area contributed by atoms with Gasteiger partial charge < -0.3 is 5.32 Å². The Kier molecular flexibility index (Phi) is 14.9. The van der Waals surface area contributed by atoms with E-state index in [4.69, 9.17) is 0 Å². The van der Waals surface area contributed by atoms with Crippen LogP contribution < -0.4 is 5.32 Å². The second-order valence-electron chi connectivity index (χ2n) is 4.21. The molecule has 0 aromatic rings. The molecule has 1 N–H and O–H groups in total. The Morgan fingerprint density at radius 1 is 0.938 bits per heavy atom. The van der Waals surface area contributed by atoms with Crippen molar-refractivity contribution in [2.45, 2.75) is 80.1 Å². The van der Waals surface area contributed by atoms with Crippen molar-refractivity contribution in [1.82, 2.24) is 5.32 Å². The Morgan fingerprint density at radius 2 is 1.44 bits per heavy atom. The number of nitrogens with one attached hydrogen (secondary N) is 1. The first-order chi connectivity index (χ1) is 7.83. The van der Waals surface area contributed by atoms with Crippen molar-refractivity contribution in [2.24, 2.45) is 5.41 Å². The summed E-state index contributed by atoms with van der Waals surface area (Å²) >= 11 is 0. The van der Waals surface area contributed by atoms with Gasteiger partial charge in [-0.15, -0.1) is 0 Å². The van der Waals surface area contributed by atoms with E-state index in [1.54, 1.807) is 0 Å². The molecule has 1 saturated heterocycles. The van der Waals surface area contributed by atoms with Gasteiger partial charge in [-0.1, -0.05) is 60.8 Å². The van der Waals surface area contributed by atoms with Crippen molar-refractivity contribution in [3.8, 4) is 0 Å². The molecule has 0 saturated carbocycles. The quantitative estimate of drug-likeness (QED) is 0.714. The van der Waals surface area contributed by atoms with E-state index in [1.165, 1.54) is 51.6 Å². The molecule has 1 aliphatic rings. The van der Waals surface area contributed by atoms with Crippen LogP contribution in [0.2, 0.25) is 0 Å². The number of hydrogen-bond donors (Lipinski definition) is 1. The molecule has 1 nitrogen and oxygen atoms in total. The molecule has 16 heavy (non-hydrogen) atoms. The first kappa shape index (κ1) is 18.3. The zero-order chi connectivity index (χ0) is 12.9. The van der Waals surface area contributed by atoms with Crippen molar-refractivity contribution in [2.75, 3.05) is 13.1 Å². The van der Waals surface area contributed by atoms with Crippen LogP contribution in [0.3, 0.4) is 0 Å². The fourth-order valence-electron chi connectivity index (χ4n) is 2.29. The average molecular weight is 229 g/mol. The highest BCUT2D eigenvalue weighted by Gasteiger charge is 2.28. The van der Waals surface area contributed by atoms with E-state index in [2.05, 4.69) is 19.2 Å². The maximum Gasteiger partial charge on any atom is -0.00436 e. The predicted octanol–water partition coefficient (Wildman–Crippen LogP) is 5.01. The first-order valence-electron chi connectivity index (χ1n) is 7.54. The van der Waals surface area contributed by atoms with E-state index in [1.807, 2.05) is 27.7 Å². The molecule has 1 heteroatoms. The lowest BCUT2D eigenvalue weighted by molar-refractivity contribution is 0.172. The Labute approximate surface area is 104 Å². The van der Waals surface area contributed by atoms with Crippen molar-refractivity contribution >= 4 is 0 Å². The zero-order valence-corrected chi connectivity index (χ0v) is 12.7. The van der Waals surface area contributed by atoms with Gasteiger partial charge in [0.05, 0.1) is 0 Å². The summed E-state index contributed by atoms with van der Waals surface area (Å²) in [7, 11) is 0. The molecule has 0 amide bonds. The summed E-state index contributed by atoms with van der Waals surface area (Å²) in [5, 5.41) is 3.45. The van der Waals surface area contributed by atoms with Crippen LogP contribution in [0.5, 0.6) is 0 Å². The third kappa shape index (κ3) is 7.27. The zero-order valence-electron chi connectivity index (χ0n) is 12.7. The molecule has 100 valence electrons. The van der Waals surface area contributed by atoms with Crippen LogP contribution in [0.1, 0.15) is 80.1 Å². The predicted molar refractivity (Wildman–Crippen MR) is 77.0 cm³/mol. The topological polar surface area (TPSA) is 12.0 Å². The summed E-state index contributed by atoms with van der Waals surface area (Å²) in [4.78, 5) is 0. The molecule has 0 radical (unpaired) electrons. The van der Waals surface area contributed by atoms with Crippen LogP contribution in [0.4, 0.5) is 0 Å². The van der Waals surface area contributed by atoms with Gasteiger partial charge in [-0.2, -0.15) is 0 Å². The van der Waals surface area contributed by atoms with Crippen LogP contribution in [0, 0.1) is 5.41 Å². The van der Waals surface area contributed by atoms with Crippen LogP contribution in [-0.4, -0.2) is 13.1 Å². The van der Waals surface area contributed by atoms with Gasteiger partial charge in [0.2, 0.25) is 0 Å². The van der Waals surface area contributed by atoms with Gasteiger partial charge >= 0.3 is 0 Å². The molecule has 0 spiro atoms. The summed E-state index contributed by atoms with van der Waals surface area (Å²) in [5.41, 5.74) is 0.710. The number of rotatable bonds is 4. The van der Waals surface area contributed by atoms with Crippen LogP contribution in [0.25, 0.3) is 0 Å². The molecule has 0 aliphatic carbocycles. The minimum absolute atomic E-state index is 0.710. The van der Waals surface area contributed by atoms with Crippen molar-refractivity contribution < 1.29 is 0 Å². The molecule has 0 aromatic heterocycles. The normalized spacial score (nSPS) is 17.6. The van der Waals surface area contributed by atoms with E-state index < -0.39 is 0 Å². The van der Waals surface area contributed by atoms with Crippen LogP contribution in [0.15, 0.2) is 0 Å². The SMILES string of the molecule is CC.CC.CCCCC1(CC)CCNCC1. The average Bonchev–Trinajstić information content (AvgIpc) is 2.42. The van der Waals surface area contributed by atoms with Gasteiger partial charge in [-0.05, 0) is 37.8 Å². The third-order valence-electron chi connectivity index (χ3n) is 3.47. The molecule has 0 unspecified atom stereocenters. The maximum absolute atomic E-state index is 3.45. The van der Waals surface area contributed by atoms with E-state index >= 15 is 0 Å². The Morgan fingerprint density at radius 3 is 1.81 bits per heavy atom. The molecule has 0 atom stereocenters. The minimum Gasteiger partial charge on any atom is -0.317 e. The van der Waals surface area contributed by atoms with Crippen molar-refractivity contribution in [3.63, 3.8) is 0 Å². The molecule has 1 heterocycles. The maximum atomic E-state index is 3.45. The first-order valence-corrected chi connectivity index (χ1v) is 7.54. The smallest absolute Gasteiger partial charge is 0.00436 e. The molecule has 1 rings (SSSR count). The molecule has 0 bridgehead atoms. The largest absolute Gasteiger partial charge is 0.317 e. The highest BCUT2D eigenvalue weighted by Crippen LogP contribution is 2.37. The third-order valence-corrected chi connectivity index (χ3v) is 3.47. The molecular weight excluding hydrogens is 194 g/mol. The van der Waals surface area contributed by atoms with Gasteiger partial charge in [-0.25, -0.2) is 0 Å². The van der Waals surface area contributed by atoms with Gasteiger partial charge in [0, 0.05) is 0 Å². The molecule has 1 aliphatic heterocycles. The number of hydrogen-bond acceptors (Lipinski definition) is 1. The van der Waals surface area contributed by atoms with Gasteiger partial charge in [0.25, 0.3) is 0 Å².